The molecule has 0 aliphatic carbocycles. The van der Waals surface area contributed by atoms with Crippen molar-refractivity contribution in [2.24, 2.45) is 10.8 Å². The first-order valence-corrected chi connectivity index (χ1v) is 4.12. The Kier molecular flexibility index (Phi) is 8.67. The summed E-state index contributed by atoms with van der Waals surface area (Å²) in [5.74, 6) is 0.646. The third kappa shape index (κ3) is 5.19. The number of carbonyl (C=O) groups is 1. The zero-order valence-corrected chi connectivity index (χ0v) is 9.90. The van der Waals surface area contributed by atoms with Crippen LogP contribution in [0.3, 0.4) is 0 Å². The molecule has 1 rings (SSSR count). The summed E-state index contributed by atoms with van der Waals surface area (Å²) < 4.78 is 4.95. The van der Waals surface area contributed by atoms with Gasteiger partial charge in [-0.1, -0.05) is 6.07 Å². The fourth-order valence-electron chi connectivity index (χ4n) is 0.991. The molecule has 2 amide bonds. The van der Waals surface area contributed by atoms with E-state index in [1.165, 1.54) is 13.3 Å². The summed E-state index contributed by atoms with van der Waals surface area (Å²) in [6.07, 6.45) is 1.33. The molecule has 0 radical (unpaired) electrons. The van der Waals surface area contributed by atoms with Gasteiger partial charge in [0.25, 0.3) is 0 Å². The van der Waals surface area contributed by atoms with Crippen LogP contribution in [-0.2, 0) is 16.5 Å². The van der Waals surface area contributed by atoms with Crippen LogP contribution in [-0.4, -0.2) is 29.9 Å². The number of hydrazone groups is 1. The Morgan fingerprint density at radius 2 is 2.24 bits per heavy atom. The van der Waals surface area contributed by atoms with Crippen LogP contribution in [0.5, 0.6) is 11.5 Å². The minimum Gasteiger partial charge on any atom is -0.870 e. The van der Waals surface area contributed by atoms with Crippen molar-refractivity contribution in [1.29, 1.82) is 0 Å². The molecule has 0 unspecified atom stereocenters. The van der Waals surface area contributed by atoms with Crippen LogP contribution in [0.25, 0.3) is 0 Å². The summed E-state index contributed by atoms with van der Waals surface area (Å²) in [6.45, 7) is 0. The first kappa shape index (κ1) is 17.6. The average molecular weight is 286 g/mol. The van der Waals surface area contributed by atoms with Crippen molar-refractivity contribution in [3.8, 4) is 11.5 Å². The molecule has 1 aromatic rings. The number of carbonyl (C=O) groups excluding carboxylic acids is 1. The van der Waals surface area contributed by atoms with E-state index in [9.17, 15) is 4.79 Å². The van der Waals surface area contributed by atoms with Gasteiger partial charge in [-0.15, -0.1) is 0 Å². The molecule has 0 aliphatic rings. The molecular formula is C9H13N3NiO4+2. The van der Waals surface area contributed by atoms with Gasteiger partial charge in [-0.25, -0.2) is 10.2 Å². The van der Waals surface area contributed by atoms with E-state index in [1.54, 1.807) is 18.2 Å². The van der Waals surface area contributed by atoms with Crippen molar-refractivity contribution in [3.05, 3.63) is 23.8 Å². The fourth-order valence-corrected chi connectivity index (χ4v) is 0.991. The van der Waals surface area contributed by atoms with Crippen molar-refractivity contribution in [1.82, 2.24) is 5.43 Å². The van der Waals surface area contributed by atoms with Crippen molar-refractivity contribution in [2.45, 2.75) is 0 Å². The van der Waals surface area contributed by atoms with E-state index in [0.717, 1.165) is 0 Å². The number of amides is 2. The number of benzene rings is 1. The molecule has 8 heteroatoms. The van der Waals surface area contributed by atoms with Crippen LogP contribution in [0.1, 0.15) is 5.56 Å². The number of methoxy groups -OCH3 is 1. The van der Waals surface area contributed by atoms with Gasteiger partial charge < -0.3 is 21.1 Å². The Morgan fingerprint density at radius 1 is 1.59 bits per heavy atom. The second kappa shape index (κ2) is 8.38. The summed E-state index contributed by atoms with van der Waals surface area (Å²) in [5.41, 5.74) is 7.39. The maximum Gasteiger partial charge on any atom is 2.00 e. The van der Waals surface area contributed by atoms with Crippen molar-refractivity contribution in [3.63, 3.8) is 0 Å². The summed E-state index contributed by atoms with van der Waals surface area (Å²) in [5, 5.41) is 11.2. The molecule has 0 bridgehead atoms. The Bertz CT molecular complexity index is 398. The molecule has 0 aliphatic heterocycles. The largest absolute Gasteiger partial charge is 2.00 e. The number of ether oxygens (including phenoxy) is 1. The van der Waals surface area contributed by atoms with Gasteiger partial charge >= 0.3 is 28.3 Å². The smallest absolute Gasteiger partial charge is 0.870 e. The predicted octanol–water partition coefficient (Wildman–Crippen LogP) is -0.0440. The number of nitrogens with one attached hydrogen (secondary N) is 1. The maximum atomic E-state index is 10.3. The summed E-state index contributed by atoms with van der Waals surface area (Å²) >= 11 is 0. The van der Waals surface area contributed by atoms with Crippen LogP contribution < -0.4 is 15.9 Å². The van der Waals surface area contributed by atoms with Gasteiger partial charge in [0, 0.05) is 0 Å². The molecule has 0 spiro atoms. The van der Waals surface area contributed by atoms with Gasteiger partial charge in [-0.3, -0.25) is 0 Å². The standard InChI is InChI=1S/C9H11N3O3.Ni.H2O/c1-15-7-4-2-3-6(8(7)13)5-11-12-9(10)14;;/h2-5,13H,1H3,(H3,10,12,14);;1H2/q;+2;. The van der Waals surface area contributed by atoms with Crippen molar-refractivity contribution < 1.29 is 36.6 Å². The first-order chi connectivity index (χ1) is 7.15. The second-order valence-electron chi connectivity index (χ2n) is 2.66. The van der Waals surface area contributed by atoms with Crippen LogP contribution in [0.2, 0.25) is 0 Å². The van der Waals surface area contributed by atoms with Crippen LogP contribution in [0.15, 0.2) is 23.3 Å². The molecule has 0 saturated heterocycles. The van der Waals surface area contributed by atoms with Crippen LogP contribution in [0.4, 0.5) is 4.79 Å². The minimum absolute atomic E-state index is 0. The van der Waals surface area contributed by atoms with Gasteiger partial charge in [0.1, 0.15) is 0 Å². The fraction of sp³-hybridized carbons (Fsp3) is 0.111. The molecule has 96 valence electrons. The normalized spacial score (nSPS) is 9.00. The van der Waals surface area contributed by atoms with Gasteiger partial charge in [0.15, 0.2) is 0 Å². The average Bonchev–Trinajstić information content (AvgIpc) is 2.20. The summed E-state index contributed by atoms with van der Waals surface area (Å²) in [4.78, 5) is 10.3. The Labute approximate surface area is 108 Å². The predicted molar refractivity (Wildman–Crippen MR) is 58.3 cm³/mol. The Morgan fingerprint density at radius 3 is 2.76 bits per heavy atom. The Balaban J connectivity index is 0. The topological polar surface area (TPSA) is 130 Å². The van der Waals surface area contributed by atoms with Gasteiger partial charge in [-0.2, -0.15) is 5.10 Å². The van der Waals surface area contributed by atoms with Crippen LogP contribution in [0, 0.1) is 0 Å². The molecule has 1 aromatic carbocycles. The molecule has 0 saturated carbocycles. The summed E-state index contributed by atoms with van der Waals surface area (Å²) in [7, 11) is 1.48. The first-order valence-electron chi connectivity index (χ1n) is 4.12. The Hall–Kier alpha value is -1.79. The van der Waals surface area contributed by atoms with Gasteiger partial charge in [-0.05, 0) is 12.1 Å². The van der Waals surface area contributed by atoms with E-state index < -0.39 is 6.03 Å². The second-order valence-corrected chi connectivity index (χ2v) is 2.66. The maximum absolute atomic E-state index is 10.3. The quantitative estimate of drug-likeness (QED) is 0.349. The molecule has 0 heterocycles. The molecule has 7 nitrogen and oxygen atoms in total. The van der Waals surface area contributed by atoms with Crippen LogP contribution >= 0.6 is 0 Å². The van der Waals surface area contributed by atoms with Gasteiger partial charge in [0.2, 0.25) is 5.75 Å². The number of para-hydroxylation sites is 1. The molecule has 0 aromatic heterocycles. The molecular weight excluding hydrogens is 273 g/mol. The zero-order chi connectivity index (χ0) is 11.3. The monoisotopic (exact) mass is 285 g/mol. The molecule has 0 atom stereocenters. The van der Waals surface area contributed by atoms with Gasteiger partial charge in [0.05, 0.1) is 18.9 Å². The van der Waals surface area contributed by atoms with E-state index in [4.69, 9.17) is 15.6 Å². The SMILES string of the molecule is COc1cccc(C=NNC(N)=O)c1[OH2+].[Ni+2].[OH-]. The number of nitrogens with two attached hydrogens (primary N) is 1. The third-order valence-electron chi connectivity index (χ3n) is 1.66. The third-order valence-corrected chi connectivity index (χ3v) is 1.66. The van der Waals surface area contributed by atoms with E-state index in [2.05, 4.69) is 5.10 Å². The molecule has 17 heavy (non-hydrogen) atoms. The number of nitrogens with zero attached hydrogens (tertiary/aromatic N) is 1. The van der Waals surface area contributed by atoms with E-state index in [-0.39, 0.29) is 27.7 Å². The summed E-state index contributed by atoms with van der Waals surface area (Å²) in [6, 6.07) is 4.32. The number of rotatable bonds is 3. The van der Waals surface area contributed by atoms with Crippen molar-refractivity contribution in [2.75, 3.05) is 7.11 Å². The number of hydrogen-bond donors (Lipinski definition) is 2. The number of hydrogen-bond acceptors (Lipinski definition) is 4. The van der Waals surface area contributed by atoms with E-state index >= 15 is 0 Å². The number of urea groups is 1. The molecule has 6 N–H and O–H groups in total. The minimum atomic E-state index is -0.749. The zero-order valence-electron chi connectivity index (χ0n) is 8.91. The van der Waals surface area contributed by atoms with Crippen molar-refractivity contribution >= 4 is 12.2 Å². The number of primary amides is 1. The molecule has 0 fully saturated rings. The van der Waals surface area contributed by atoms with E-state index in [1.807, 2.05) is 5.43 Å². The van der Waals surface area contributed by atoms with E-state index in [0.29, 0.717) is 11.3 Å².